The van der Waals surface area contributed by atoms with Gasteiger partial charge in [-0.15, -0.1) is 0 Å². The van der Waals surface area contributed by atoms with Gasteiger partial charge in [0.15, 0.2) is 0 Å². The van der Waals surface area contributed by atoms with Crippen LogP contribution in [0.25, 0.3) is 0 Å². The zero-order valence-electron chi connectivity index (χ0n) is 22.1. The van der Waals surface area contributed by atoms with Crippen molar-refractivity contribution in [1.29, 1.82) is 0 Å². The van der Waals surface area contributed by atoms with Crippen molar-refractivity contribution in [3.8, 4) is 0 Å². The molecule has 0 bridgehead atoms. The highest BCUT2D eigenvalue weighted by atomic mass is 32.2. The summed E-state index contributed by atoms with van der Waals surface area (Å²) in [6.07, 6.45) is -0.922. The molecule has 0 unspecified atom stereocenters. The van der Waals surface area contributed by atoms with Crippen molar-refractivity contribution in [2.45, 2.75) is 57.4 Å². The summed E-state index contributed by atoms with van der Waals surface area (Å²) in [7, 11) is 0. The summed E-state index contributed by atoms with van der Waals surface area (Å²) in [6.45, 7) is 7.76. The summed E-state index contributed by atoms with van der Waals surface area (Å²) in [5.74, 6) is 0. The molecule has 0 saturated carbocycles. The lowest BCUT2D eigenvalue weighted by Gasteiger charge is -2.27. The Morgan fingerprint density at radius 1 is 0.737 bits per heavy atom. The maximum Gasteiger partial charge on any atom is 0.139 e. The molecule has 3 aromatic carbocycles. The standard InChI is InChI=1S/C31H37NO4S2/c1-3-32(4-2)31(37)38-30-29(35-22-26-18-12-7-13-19-26)28(34-21-25-16-10-6-11-17-25)27(36-30)23-33-20-24-14-8-5-9-15-24/h5-19,27-30H,3-4,20-23H2,1-2H3/t27-,28+,29-,30-/m1/s1. The van der Waals surface area contributed by atoms with Crippen molar-refractivity contribution in [2.75, 3.05) is 19.7 Å². The van der Waals surface area contributed by atoms with E-state index in [1.165, 1.54) is 0 Å². The highest BCUT2D eigenvalue weighted by molar-refractivity contribution is 8.23. The Morgan fingerprint density at radius 3 is 1.71 bits per heavy atom. The average molecular weight is 552 g/mol. The Kier molecular flexibility index (Phi) is 11.6. The predicted octanol–water partition coefficient (Wildman–Crippen LogP) is 6.46. The Hall–Kier alpha value is -2.26. The molecule has 0 N–H and O–H groups in total. The largest absolute Gasteiger partial charge is 0.374 e. The van der Waals surface area contributed by atoms with Crippen LogP contribution in [0.15, 0.2) is 91.0 Å². The van der Waals surface area contributed by atoms with Crippen LogP contribution < -0.4 is 0 Å². The molecule has 0 aliphatic carbocycles. The maximum absolute atomic E-state index is 6.59. The molecule has 38 heavy (non-hydrogen) atoms. The summed E-state index contributed by atoms with van der Waals surface area (Å²) < 4.78 is 26.6. The molecule has 0 amide bonds. The van der Waals surface area contributed by atoms with Crippen LogP contribution in [0, 0.1) is 0 Å². The van der Waals surface area contributed by atoms with Crippen LogP contribution in [0.3, 0.4) is 0 Å². The van der Waals surface area contributed by atoms with E-state index in [0.29, 0.717) is 26.4 Å². The average Bonchev–Trinajstić information content (AvgIpc) is 3.28. The minimum absolute atomic E-state index is 0.291. The van der Waals surface area contributed by atoms with Crippen LogP contribution in [-0.2, 0) is 38.8 Å². The molecule has 1 fully saturated rings. The summed E-state index contributed by atoms with van der Waals surface area (Å²) in [5.41, 5.74) is 3.02. The zero-order chi connectivity index (χ0) is 26.6. The molecule has 202 valence electrons. The molecule has 1 heterocycles. The van der Waals surface area contributed by atoms with Crippen LogP contribution in [-0.4, -0.2) is 52.7 Å². The number of rotatable bonds is 13. The molecular weight excluding hydrogens is 514 g/mol. The van der Waals surface area contributed by atoms with Gasteiger partial charge in [0.2, 0.25) is 0 Å². The Labute approximate surface area is 236 Å². The molecule has 4 atom stereocenters. The lowest BCUT2D eigenvalue weighted by molar-refractivity contribution is -0.0895. The number of ether oxygens (including phenoxy) is 4. The van der Waals surface area contributed by atoms with E-state index in [2.05, 4.69) is 55.1 Å². The first kappa shape index (κ1) is 28.7. The minimum Gasteiger partial charge on any atom is -0.374 e. The third-order valence-electron chi connectivity index (χ3n) is 6.47. The van der Waals surface area contributed by atoms with Crippen LogP contribution in [0.4, 0.5) is 0 Å². The number of hydrogen-bond acceptors (Lipinski definition) is 6. The lowest BCUT2D eigenvalue weighted by atomic mass is 10.1. The quantitative estimate of drug-likeness (QED) is 0.226. The van der Waals surface area contributed by atoms with Crippen molar-refractivity contribution in [1.82, 2.24) is 4.90 Å². The Balaban J connectivity index is 1.51. The van der Waals surface area contributed by atoms with Crippen LogP contribution in [0.1, 0.15) is 30.5 Å². The Morgan fingerprint density at radius 2 is 1.21 bits per heavy atom. The van der Waals surface area contributed by atoms with Crippen LogP contribution in [0.5, 0.6) is 0 Å². The van der Waals surface area contributed by atoms with Crippen molar-refractivity contribution in [2.24, 2.45) is 0 Å². The first-order valence-electron chi connectivity index (χ1n) is 13.2. The maximum atomic E-state index is 6.59. The van der Waals surface area contributed by atoms with Gasteiger partial charge in [-0.2, -0.15) is 0 Å². The monoisotopic (exact) mass is 551 g/mol. The first-order chi connectivity index (χ1) is 18.7. The van der Waals surface area contributed by atoms with Gasteiger partial charge in [-0.3, -0.25) is 0 Å². The van der Waals surface area contributed by atoms with Gasteiger partial charge < -0.3 is 23.8 Å². The first-order valence-corrected chi connectivity index (χ1v) is 14.5. The van der Waals surface area contributed by atoms with Gasteiger partial charge in [-0.1, -0.05) is 115 Å². The van der Waals surface area contributed by atoms with Crippen LogP contribution >= 0.6 is 24.0 Å². The van der Waals surface area contributed by atoms with Crippen molar-refractivity contribution >= 4 is 28.3 Å². The van der Waals surface area contributed by atoms with E-state index in [0.717, 1.165) is 34.1 Å². The molecule has 1 aliphatic rings. The smallest absolute Gasteiger partial charge is 0.139 e. The summed E-state index contributed by atoms with van der Waals surface area (Å²) in [5, 5.41) is 0. The molecule has 7 heteroatoms. The van der Waals surface area contributed by atoms with E-state index in [1.807, 2.05) is 54.6 Å². The van der Waals surface area contributed by atoms with Gasteiger partial charge in [0, 0.05) is 13.1 Å². The summed E-state index contributed by atoms with van der Waals surface area (Å²) in [4.78, 5) is 2.16. The number of hydrogen-bond donors (Lipinski definition) is 0. The number of thiocarbonyl (C=S) groups is 1. The molecule has 5 nitrogen and oxygen atoms in total. The number of nitrogens with zero attached hydrogens (tertiary/aromatic N) is 1. The van der Waals surface area contributed by atoms with Crippen molar-refractivity contribution in [3.63, 3.8) is 0 Å². The second kappa shape index (κ2) is 15.4. The summed E-state index contributed by atoms with van der Waals surface area (Å²) >= 11 is 7.33. The third-order valence-corrected chi connectivity index (χ3v) is 8.09. The fraction of sp³-hybridized carbons (Fsp3) is 0.387. The second-order valence-corrected chi connectivity index (χ2v) is 10.9. The van der Waals surface area contributed by atoms with E-state index in [9.17, 15) is 0 Å². The van der Waals surface area contributed by atoms with Gasteiger partial charge in [-0.05, 0) is 30.5 Å². The molecule has 1 aliphatic heterocycles. The SMILES string of the molecule is CCN(CC)C(=S)S[C@H]1O[C@H](COCc2ccccc2)[C@H](OCc2ccccc2)[C@H]1OCc1ccccc1. The molecule has 0 spiro atoms. The zero-order valence-corrected chi connectivity index (χ0v) is 23.7. The van der Waals surface area contributed by atoms with E-state index >= 15 is 0 Å². The fourth-order valence-electron chi connectivity index (χ4n) is 4.35. The molecule has 3 aromatic rings. The lowest BCUT2D eigenvalue weighted by Crippen LogP contribution is -2.39. The van der Waals surface area contributed by atoms with Crippen LogP contribution in [0.2, 0.25) is 0 Å². The number of thioether (sulfide) groups is 1. The van der Waals surface area contributed by atoms with Gasteiger partial charge in [0.05, 0.1) is 26.4 Å². The Bertz CT molecular complexity index is 1080. The molecule has 0 aromatic heterocycles. The number of benzene rings is 3. The van der Waals surface area contributed by atoms with E-state index < -0.39 is 0 Å². The van der Waals surface area contributed by atoms with Gasteiger partial charge in [-0.25, -0.2) is 0 Å². The fourth-order valence-corrected chi connectivity index (χ4v) is 6.07. The molecule has 4 rings (SSSR count). The third kappa shape index (κ3) is 8.37. The van der Waals surface area contributed by atoms with Crippen molar-refractivity contribution < 1.29 is 18.9 Å². The highest BCUT2D eigenvalue weighted by Gasteiger charge is 2.47. The normalized spacial score (nSPS) is 20.9. The predicted molar refractivity (Wildman–Crippen MR) is 158 cm³/mol. The topological polar surface area (TPSA) is 40.2 Å². The van der Waals surface area contributed by atoms with Gasteiger partial charge in [0.1, 0.15) is 28.1 Å². The highest BCUT2D eigenvalue weighted by Crippen LogP contribution is 2.36. The molecule has 0 radical (unpaired) electrons. The van der Waals surface area contributed by atoms with Crippen molar-refractivity contribution in [3.05, 3.63) is 108 Å². The molecule has 1 saturated heterocycles. The van der Waals surface area contributed by atoms with Gasteiger partial charge >= 0.3 is 0 Å². The van der Waals surface area contributed by atoms with E-state index in [4.69, 9.17) is 31.2 Å². The van der Waals surface area contributed by atoms with E-state index in [-0.39, 0.29) is 23.7 Å². The minimum atomic E-state index is -0.317. The second-order valence-electron chi connectivity index (χ2n) is 9.12. The molecular formula is C31H37NO4S2. The summed E-state index contributed by atoms with van der Waals surface area (Å²) in [6, 6.07) is 30.5. The van der Waals surface area contributed by atoms with Gasteiger partial charge in [0.25, 0.3) is 0 Å². The van der Waals surface area contributed by atoms with E-state index in [1.54, 1.807) is 11.8 Å².